The summed E-state index contributed by atoms with van der Waals surface area (Å²) in [5.74, 6) is 1.92. The molecule has 0 bridgehead atoms. The Kier molecular flexibility index (Phi) is 3.22. The molecule has 10 heavy (non-hydrogen) atoms. The number of halogens is 1. The van der Waals surface area contributed by atoms with Crippen LogP contribution in [0.5, 0.6) is 0 Å². The van der Waals surface area contributed by atoms with Crippen molar-refractivity contribution in [3.8, 4) is 0 Å². The number of rotatable bonds is 1. The molecule has 0 aliphatic heterocycles. The Morgan fingerprint density at radius 2 is 2.10 bits per heavy atom. The Balaban J connectivity index is 2.38. The van der Waals surface area contributed by atoms with Crippen LogP contribution in [0.4, 0.5) is 0 Å². The lowest BCUT2D eigenvalue weighted by Crippen LogP contribution is -2.22. The van der Waals surface area contributed by atoms with Crippen LogP contribution in [0.15, 0.2) is 0 Å². The molecule has 0 spiro atoms. The first-order valence-electron chi connectivity index (χ1n) is 4.38. The highest BCUT2D eigenvalue weighted by molar-refractivity contribution is 9.09. The normalized spacial score (nSPS) is 41.7. The van der Waals surface area contributed by atoms with Gasteiger partial charge < -0.3 is 0 Å². The van der Waals surface area contributed by atoms with E-state index in [1.54, 1.807) is 0 Å². The molecule has 1 fully saturated rings. The van der Waals surface area contributed by atoms with Crippen LogP contribution in [-0.2, 0) is 0 Å². The van der Waals surface area contributed by atoms with Crippen molar-refractivity contribution in [3.63, 3.8) is 0 Å². The van der Waals surface area contributed by atoms with E-state index in [0.717, 1.165) is 16.7 Å². The highest BCUT2D eigenvalue weighted by Gasteiger charge is 2.24. The molecule has 0 nitrogen and oxygen atoms in total. The van der Waals surface area contributed by atoms with Crippen LogP contribution in [0.2, 0.25) is 0 Å². The maximum atomic E-state index is 3.74. The van der Waals surface area contributed by atoms with E-state index >= 15 is 0 Å². The minimum atomic E-state index is 0.814. The van der Waals surface area contributed by atoms with Gasteiger partial charge in [0.05, 0.1) is 0 Å². The summed E-state index contributed by atoms with van der Waals surface area (Å²) in [6.07, 6.45) is 5.60. The molecule has 3 atom stereocenters. The zero-order chi connectivity index (χ0) is 7.56. The predicted octanol–water partition coefficient (Wildman–Crippen LogP) is 3.60. The summed E-state index contributed by atoms with van der Waals surface area (Å²) in [6, 6.07) is 0. The fourth-order valence-corrected chi connectivity index (χ4v) is 2.74. The summed E-state index contributed by atoms with van der Waals surface area (Å²) >= 11 is 3.74. The second-order valence-corrected chi connectivity index (χ2v) is 4.78. The highest BCUT2D eigenvalue weighted by atomic mass is 79.9. The van der Waals surface area contributed by atoms with E-state index < -0.39 is 0 Å². The molecule has 0 saturated heterocycles. The second kappa shape index (κ2) is 3.75. The molecule has 3 unspecified atom stereocenters. The summed E-state index contributed by atoms with van der Waals surface area (Å²) < 4.78 is 0. The van der Waals surface area contributed by atoms with Crippen molar-refractivity contribution >= 4 is 15.9 Å². The van der Waals surface area contributed by atoms with Crippen molar-refractivity contribution in [3.05, 3.63) is 0 Å². The van der Waals surface area contributed by atoms with Crippen molar-refractivity contribution in [2.45, 2.75) is 44.4 Å². The molecule has 1 rings (SSSR count). The minimum Gasteiger partial charge on any atom is -0.0888 e. The number of alkyl halides is 1. The molecule has 0 aromatic heterocycles. The third-order valence-corrected chi connectivity index (χ3v) is 3.88. The summed E-state index contributed by atoms with van der Waals surface area (Å²) in [4.78, 5) is 0.814. The van der Waals surface area contributed by atoms with Crippen LogP contribution < -0.4 is 0 Å². The van der Waals surface area contributed by atoms with Crippen molar-refractivity contribution in [2.24, 2.45) is 11.8 Å². The predicted molar refractivity (Wildman–Crippen MR) is 49.5 cm³/mol. The van der Waals surface area contributed by atoms with E-state index in [0.29, 0.717) is 0 Å². The fourth-order valence-electron chi connectivity index (χ4n) is 1.88. The van der Waals surface area contributed by atoms with Gasteiger partial charge in [-0.05, 0) is 31.1 Å². The third kappa shape index (κ3) is 1.98. The monoisotopic (exact) mass is 204 g/mol. The van der Waals surface area contributed by atoms with E-state index in [4.69, 9.17) is 0 Å². The lowest BCUT2D eigenvalue weighted by atomic mass is 9.81. The highest BCUT2D eigenvalue weighted by Crippen LogP contribution is 2.34. The summed E-state index contributed by atoms with van der Waals surface area (Å²) in [5, 5.41) is 0. The van der Waals surface area contributed by atoms with Gasteiger partial charge in [-0.3, -0.25) is 0 Å². The van der Waals surface area contributed by atoms with Gasteiger partial charge in [0.2, 0.25) is 0 Å². The molecule has 0 aromatic carbocycles. The van der Waals surface area contributed by atoms with E-state index in [2.05, 4.69) is 29.8 Å². The van der Waals surface area contributed by atoms with Crippen molar-refractivity contribution < 1.29 is 0 Å². The van der Waals surface area contributed by atoms with Gasteiger partial charge in [-0.15, -0.1) is 0 Å². The molecule has 1 saturated carbocycles. The van der Waals surface area contributed by atoms with Gasteiger partial charge in [0, 0.05) is 4.83 Å². The van der Waals surface area contributed by atoms with Gasteiger partial charge in [0.1, 0.15) is 0 Å². The third-order valence-electron chi connectivity index (χ3n) is 2.68. The lowest BCUT2D eigenvalue weighted by Gasteiger charge is -2.30. The van der Waals surface area contributed by atoms with E-state index in [1.165, 1.54) is 25.7 Å². The number of hydrogen-bond acceptors (Lipinski definition) is 0. The smallest absolute Gasteiger partial charge is 0.0174 e. The van der Waals surface area contributed by atoms with Crippen molar-refractivity contribution in [1.29, 1.82) is 0 Å². The molecule has 0 amide bonds. The SMILES string of the molecule is CCC1CC(C)CCC1Br. The average Bonchev–Trinajstić information content (AvgIpc) is 1.94. The van der Waals surface area contributed by atoms with Gasteiger partial charge in [-0.25, -0.2) is 0 Å². The van der Waals surface area contributed by atoms with E-state index in [9.17, 15) is 0 Å². The average molecular weight is 205 g/mol. The summed E-state index contributed by atoms with van der Waals surface area (Å²) in [7, 11) is 0. The lowest BCUT2D eigenvalue weighted by molar-refractivity contribution is 0.289. The van der Waals surface area contributed by atoms with E-state index in [-0.39, 0.29) is 0 Å². The fraction of sp³-hybridized carbons (Fsp3) is 1.00. The van der Waals surface area contributed by atoms with Crippen molar-refractivity contribution in [2.75, 3.05) is 0 Å². The molecule has 0 radical (unpaired) electrons. The Hall–Kier alpha value is 0.480. The van der Waals surface area contributed by atoms with Crippen LogP contribution in [0, 0.1) is 11.8 Å². The van der Waals surface area contributed by atoms with Crippen LogP contribution >= 0.6 is 15.9 Å². The van der Waals surface area contributed by atoms with Gasteiger partial charge in [0.15, 0.2) is 0 Å². The Morgan fingerprint density at radius 3 is 2.60 bits per heavy atom. The quantitative estimate of drug-likeness (QED) is 0.574. The molecule has 1 heteroatoms. The summed E-state index contributed by atoms with van der Waals surface area (Å²) in [6.45, 7) is 4.68. The number of hydrogen-bond donors (Lipinski definition) is 0. The molecule has 0 heterocycles. The zero-order valence-corrected chi connectivity index (χ0v) is 8.52. The van der Waals surface area contributed by atoms with Gasteiger partial charge >= 0.3 is 0 Å². The van der Waals surface area contributed by atoms with Crippen molar-refractivity contribution in [1.82, 2.24) is 0 Å². The van der Waals surface area contributed by atoms with E-state index in [1.807, 2.05) is 0 Å². The largest absolute Gasteiger partial charge is 0.0888 e. The van der Waals surface area contributed by atoms with Gasteiger partial charge in [-0.1, -0.05) is 36.2 Å². The molecule has 60 valence electrons. The van der Waals surface area contributed by atoms with Crippen LogP contribution in [0.1, 0.15) is 39.5 Å². The molecule has 1 aliphatic carbocycles. The van der Waals surface area contributed by atoms with Gasteiger partial charge in [0.25, 0.3) is 0 Å². The van der Waals surface area contributed by atoms with Crippen LogP contribution in [0.25, 0.3) is 0 Å². The maximum Gasteiger partial charge on any atom is 0.0174 e. The Labute approximate surface area is 72.5 Å². The first-order chi connectivity index (χ1) is 4.74. The maximum absolute atomic E-state index is 3.74. The molecular weight excluding hydrogens is 188 g/mol. The topological polar surface area (TPSA) is 0 Å². The van der Waals surface area contributed by atoms with Crippen LogP contribution in [-0.4, -0.2) is 4.83 Å². The minimum absolute atomic E-state index is 0.814. The first kappa shape index (κ1) is 8.58. The van der Waals surface area contributed by atoms with Crippen LogP contribution in [0.3, 0.4) is 0 Å². The Bertz CT molecular complexity index is 101. The summed E-state index contributed by atoms with van der Waals surface area (Å²) in [5.41, 5.74) is 0. The molecular formula is C9H17Br. The molecule has 0 N–H and O–H groups in total. The molecule has 1 aliphatic rings. The van der Waals surface area contributed by atoms with Gasteiger partial charge in [-0.2, -0.15) is 0 Å². The zero-order valence-electron chi connectivity index (χ0n) is 6.94. The second-order valence-electron chi connectivity index (χ2n) is 3.60. The molecule has 0 aromatic rings. The standard InChI is InChI=1S/C9H17Br/c1-3-8-6-7(2)4-5-9(8)10/h7-9H,3-6H2,1-2H3. The Morgan fingerprint density at radius 1 is 1.40 bits per heavy atom. The first-order valence-corrected chi connectivity index (χ1v) is 5.29.